The second kappa shape index (κ2) is 4.31. The number of hydrogen-bond donors (Lipinski definition) is 1. The van der Waals surface area contributed by atoms with E-state index in [1.54, 1.807) is 0 Å². The van der Waals surface area contributed by atoms with Crippen molar-refractivity contribution in [3.8, 4) is 0 Å². The van der Waals surface area contributed by atoms with E-state index in [2.05, 4.69) is 10.2 Å². The van der Waals surface area contributed by atoms with E-state index in [1.807, 2.05) is 5.01 Å². The monoisotopic (exact) mass is 158 g/mol. The Morgan fingerprint density at radius 2 is 2.45 bits per heavy atom. The minimum Gasteiger partial charge on any atom is -0.468 e. The molecule has 1 aliphatic heterocycles. The quantitative estimate of drug-likeness (QED) is 0.563. The average Bonchev–Trinajstić information content (AvgIpc) is 2.06. The average molecular weight is 158 g/mol. The molecule has 4 heteroatoms. The molecule has 0 aromatic heterocycles. The molecule has 0 atom stereocenters. The molecule has 1 rings (SSSR count). The van der Waals surface area contributed by atoms with Gasteiger partial charge in [0.2, 0.25) is 0 Å². The van der Waals surface area contributed by atoms with Gasteiger partial charge in [0.15, 0.2) is 0 Å². The molecular formula is C7H14N2O2. The van der Waals surface area contributed by atoms with Crippen LogP contribution in [-0.4, -0.2) is 37.7 Å². The lowest BCUT2D eigenvalue weighted by Gasteiger charge is -2.26. The molecule has 1 N–H and O–H groups in total. The van der Waals surface area contributed by atoms with Gasteiger partial charge >= 0.3 is 5.97 Å². The molecule has 1 fully saturated rings. The van der Waals surface area contributed by atoms with Crippen LogP contribution in [0.4, 0.5) is 0 Å². The van der Waals surface area contributed by atoms with Crippen LogP contribution in [0.15, 0.2) is 0 Å². The predicted octanol–water partition coefficient (Wildman–Crippen LogP) is -0.240. The van der Waals surface area contributed by atoms with Crippen molar-refractivity contribution in [3.63, 3.8) is 0 Å². The Kier molecular flexibility index (Phi) is 3.32. The summed E-state index contributed by atoms with van der Waals surface area (Å²) in [5.74, 6) is -0.181. The Balaban J connectivity index is 2.19. The Labute approximate surface area is 66.5 Å². The van der Waals surface area contributed by atoms with Crippen LogP contribution < -0.4 is 5.43 Å². The SMILES string of the molecule is COC(=O)CN1CCCCN1. The summed E-state index contributed by atoms with van der Waals surface area (Å²) in [6.45, 7) is 2.27. The van der Waals surface area contributed by atoms with E-state index < -0.39 is 0 Å². The Hall–Kier alpha value is -0.610. The first-order valence-electron chi connectivity index (χ1n) is 3.88. The molecule has 0 aliphatic carbocycles. The molecule has 0 aromatic carbocycles. The highest BCUT2D eigenvalue weighted by molar-refractivity contribution is 5.71. The number of esters is 1. The summed E-state index contributed by atoms with van der Waals surface area (Å²) in [6.07, 6.45) is 2.35. The zero-order chi connectivity index (χ0) is 8.10. The molecular weight excluding hydrogens is 144 g/mol. The number of nitrogens with one attached hydrogen (secondary N) is 1. The van der Waals surface area contributed by atoms with Gasteiger partial charge in [-0.3, -0.25) is 10.2 Å². The summed E-state index contributed by atoms with van der Waals surface area (Å²) in [5, 5.41) is 1.90. The zero-order valence-electron chi connectivity index (χ0n) is 6.80. The van der Waals surface area contributed by atoms with Gasteiger partial charge < -0.3 is 4.74 Å². The second-order valence-electron chi connectivity index (χ2n) is 2.61. The summed E-state index contributed by atoms with van der Waals surface area (Å²) in [5.41, 5.74) is 3.12. The molecule has 0 saturated carbocycles. The van der Waals surface area contributed by atoms with Crippen LogP contribution in [-0.2, 0) is 9.53 Å². The zero-order valence-corrected chi connectivity index (χ0v) is 6.80. The standard InChI is InChI=1S/C7H14N2O2/c1-11-7(10)6-9-5-3-2-4-8-9/h8H,2-6H2,1H3. The highest BCUT2D eigenvalue weighted by Crippen LogP contribution is 1.98. The number of hydrazine groups is 1. The second-order valence-corrected chi connectivity index (χ2v) is 2.61. The van der Waals surface area contributed by atoms with Gasteiger partial charge in [0.25, 0.3) is 0 Å². The largest absolute Gasteiger partial charge is 0.468 e. The lowest BCUT2D eigenvalue weighted by molar-refractivity contribution is -0.143. The van der Waals surface area contributed by atoms with E-state index in [1.165, 1.54) is 13.5 Å². The van der Waals surface area contributed by atoms with Gasteiger partial charge in [0, 0.05) is 13.1 Å². The predicted molar refractivity (Wildman–Crippen MR) is 40.8 cm³/mol. The molecule has 0 aromatic rings. The van der Waals surface area contributed by atoms with E-state index in [0.29, 0.717) is 6.54 Å². The summed E-state index contributed by atoms with van der Waals surface area (Å²) in [7, 11) is 1.41. The van der Waals surface area contributed by atoms with Gasteiger partial charge in [-0.2, -0.15) is 0 Å². The number of rotatable bonds is 2. The molecule has 1 heterocycles. The fourth-order valence-electron chi connectivity index (χ4n) is 1.10. The van der Waals surface area contributed by atoms with Gasteiger partial charge in [-0.25, -0.2) is 5.01 Å². The molecule has 1 saturated heterocycles. The summed E-state index contributed by atoms with van der Waals surface area (Å²) >= 11 is 0. The van der Waals surface area contributed by atoms with Crippen molar-refractivity contribution in [1.29, 1.82) is 0 Å². The maximum atomic E-state index is 10.8. The molecule has 1 aliphatic rings. The molecule has 0 radical (unpaired) electrons. The van der Waals surface area contributed by atoms with Crippen LogP contribution in [0.5, 0.6) is 0 Å². The van der Waals surface area contributed by atoms with E-state index >= 15 is 0 Å². The maximum absolute atomic E-state index is 10.8. The Morgan fingerprint density at radius 1 is 1.64 bits per heavy atom. The van der Waals surface area contributed by atoms with E-state index in [4.69, 9.17) is 0 Å². The first-order valence-corrected chi connectivity index (χ1v) is 3.88. The number of carbonyl (C=O) groups is 1. The number of hydrogen-bond acceptors (Lipinski definition) is 4. The van der Waals surface area contributed by atoms with E-state index in [-0.39, 0.29) is 5.97 Å². The Bertz CT molecular complexity index is 132. The third kappa shape index (κ3) is 2.86. The fraction of sp³-hybridized carbons (Fsp3) is 0.857. The molecule has 64 valence electrons. The lowest BCUT2D eigenvalue weighted by Crippen LogP contribution is -2.45. The molecule has 0 amide bonds. The van der Waals surface area contributed by atoms with Crippen LogP contribution in [0.2, 0.25) is 0 Å². The minimum absolute atomic E-state index is 0.181. The molecule has 0 spiro atoms. The van der Waals surface area contributed by atoms with Crippen molar-refractivity contribution in [2.45, 2.75) is 12.8 Å². The first-order chi connectivity index (χ1) is 5.33. The van der Waals surface area contributed by atoms with Crippen molar-refractivity contribution in [2.75, 3.05) is 26.7 Å². The number of carbonyl (C=O) groups excluding carboxylic acids is 1. The normalized spacial score (nSPS) is 19.7. The van der Waals surface area contributed by atoms with Crippen LogP contribution in [0.1, 0.15) is 12.8 Å². The van der Waals surface area contributed by atoms with E-state index in [0.717, 1.165) is 19.5 Å². The van der Waals surface area contributed by atoms with Gasteiger partial charge in [0.1, 0.15) is 6.54 Å². The van der Waals surface area contributed by atoms with Crippen molar-refractivity contribution in [3.05, 3.63) is 0 Å². The van der Waals surface area contributed by atoms with Crippen LogP contribution in [0.3, 0.4) is 0 Å². The van der Waals surface area contributed by atoms with Crippen molar-refractivity contribution in [2.24, 2.45) is 0 Å². The number of methoxy groups -OCH3 is 1. The molecule has 0 bridgehead atoms. The topological polar surface area (TPSA) is 41.6 Å². The summed E-state index contributed by atoms with van der Waals surface area (Å²) < 4.78 is 4.53. The van der Waals surface area contributed by atoms with Gasteiger partial charge in [-0.05, 0) is 12.8 Å². The lowest BCUT2D eigenvalue weighted by atomic mass is 10.3. The fourth-order valence-corrected chi connectivity index (χ4v) is 1.10. The number of nitrogens with zero attached hydrogens (tertiary/aromatic N) is 1. The van der Waals surface area contributed by atoms with Gasteiger partial charge in [0.05, 0.1) is 7.11 Å². The maximum Gasteiger partial charge on any atom is 0.321 e. The van der Waals surface area contributed by atoms with Crippen molar-refractivity contribution in [1.82, 2.24) is 10.4 Å². The summed E-state index contributed by atoms with van der Waals surface area (Å²) in [4.78, 5) is 10.8. The molecule has 4 nitrogen and oxygen atoms in total. The molecule has 0 unspecified atom stereocenters. The number of ether oxygens (including phenoxy) is 1. The smallest absolute Gasteiger partial charge is 0.321 e. The third-order valence-corrected chi connectivity index (χ3v) is 1.74. The van der Waals surface area contributed by atoms with E-state index in [9.17, 15) is 4.79 Å². The van der Waals surface area contributed by atoms with Crippen molar-refractivity contribution >= 4 is 5.97 Å². The van der Waals surface area contributed by atoms with Crippen LogP contribution in [0.25, 0.3) is 0 Å². The molecule has 11 heavy (non-hydrogen) atoms. The Morgan fingerprint density at radius 3 is 3.00 bits per heavy atom. The van der Waals surface area contributed by atoms with Gasteiger partial charge in [-0.1, -0.05) is 0 Å². The highest BCUT2D eigenvalue weighted by atomic mass is 16.5. The van der Waals surface area contributed by atoms with Crippen molar-refractivity contribution < 1.29 is 9.53 Å². The van der Waals surface area contributed by atoms with Gasteiger partial charge in [-0.15, -0.1) is 0 Å². The summed E-state index contributed by atoms with van der Waals surface area (Å²) in [6, 6.07) is 0. The third-order valence-electron chi connectivity index (χ3n) is 1.74. The van der Waals surface area contributed by atoms with Crippen LogP contribution >= 0.6 is 0 Å². The minimum atomic E-state index is -0.181. The van der Waals surface area contributed by atoms with Crippen LogP contribution in [0, 0.1) is 0 Å². The highest BCUT2D eigenvalue weighted by Gasteiger charge is 2.12. The first kappa shape index (κ1) is 8.49.